The first-order valence-electron chi connectivity index (χ1n) is 10.4. The molecule has 2 aliphatic rings. The first kappa shape index (κ1) is 23.5. The van der Waals surface area contributed by atoms with Crippen LogP contribution in [0.2, 0.25) is 12.1 Å². The zero-order valence-electron chi connectivity index (χ0n) is 18.1. The van der Waals surface area contributed by atoms with Crippen LogP contribution in [0.5, 0.6) is 0 Å². The standard InChI is InChI=1S/C19H40O5Si3/c1-6-26(5)19(12-8-10-14-24-19)16-17(27(20-2,21-3)22-4)15-18(25)11-7-9-13-23-18/h6,17,26H,1,7-16H2,2-5,25H3. The minimum atomic E-state index is -2.82. The molecular formula is C19H40O5Si3. The van der Waals surface area contributed by atoms with E-state index in [1.165, 1.54) is 19.3 Å². The maximum atomic E-state index is 6.52. The summed E-state index contributed by atoms with van der Waals surface area (Å²) >= 11 is 0. The lowest BCUT2D eigenvalue weighted by molar-refractivity contribution is -0.0518. The Labute approximate surface area is 171 Å². The van der Waals surface area contributed by atoms with Crippen molar-refractivity contribution in [2.24, 2.45) is 0 Å². The Kier molecular flexibility index (Phi) is 8.94. The second kappa shape index (κ2) is 10.3. The van der Waals surface area contributed by atoms with E-state index in [0.717, 1.165) is 55.6 Å². The number of ether oxygens (including phenoxy) is 2. The van der Waals surface area contributed by atoms with Crippen LogP contribution < -0.4 is 0 Å². The Bertz CT molecular complexity index is 452. The van der Waals surface area contributed by atoms with Gasteiger partial charge in [-0.15, -0.1) is 12.3 Å². The van der Waals surface area contributed by atoms with Crippen LogP contribution in [-0.2, 0) is 22.8 Å². The van der Waals surface area contributed by atoms with Gasteiger partial charge in [0.2, 0.25) is 0 Å². The monoisotopic (exact) mass is 432 g/mol. The van der Waals surface area contributed by atoms with Gasteiger partial charge in [-0.2, -0.15) is 0 Å². The molecule has 2 rings (SSSR count). The van der Waals surface area contributed by atoms with Crippen molar-refractivity contribution in [1.82, 2.24) is 0 Å². The third-order valence-electron chi connectivity index (χ3n) is 6.74. The quantitative estimate of drug-likeness (QED) is 0.496. The fraction of sp³-hybridized carbons (Fsp3) is 0.895. The van der Waals surface area contributed by atoms with Crippen molar-refractivity contribution in [3.8, 4) is 0 Å². The van der Waals surface area contributed by atoms with Crippen LogP contribution in [0.4, 0.5) is 0 Å². The molecule has 0 aromatic carbocycles. The zero-order chi connectivity index (χ0) is 20.0. The van der Waals surface area contributed by atoms with Gasteiger partial charge in [-0.1, -0.05) is 6.55 Å². The maximum Gasteiger partial charge on any atom is 0.503 e. The molecule has 0 spiro atoms. The van der Waals surface area contributed by atoms with Crippen molar-refractivity contribution in [3.05, 3.63) is 12.3 Å². The van der Waals surface area contributed by atoms with Crippen LogP contribution in [-0.4, -0.2) is 72.8 Å². The zero-order valence-corrected chi connectivity index (χ0v) is 22.2. The fourth-order valence-corrected chi connectivity index (χ4v) is 11.6. The summed E-state index contributed by atoms with van der Waals surface area (Å²) in [5.41, 5.74) is 2.35. The van der Waals surface area contributed by atoms with Crippen molar-refractivity contribution in [2.45, 2.75) is 73.9 Å². The molecule has 0 amide bonds. The topological polar surface area (TPSA) is 46.2 Å². The van der Waals surface area contributed by atoms with Gasteiger partial charge in [0.05, 0.1) is 14.0 Å². The molecule has 2 saturated heterocycles. The third kappa shape index (κ3) is 5.42. The highest BCUT2D eigenvalue weighted by molar-refractivity contribution is 6.66. The molecule has 2 fully saturated rings. The Morgan fingerprint density at radius 2 is 1.63 bits per heavy atom. The number of rotatable bonds is 10. The normalized spacial score (nSPS) is 32.1. The number of hydrogen-bond donors (Lipinski definition) is 0. The molecular weight excluding hydrogens is 392 g/mol. The summed E-state index contributed by atoms with van der Waals surface area (Å²) in [5, 5.41) is -0.0866. The lowest BCUT2D eigenvalue weighted by Gasteiger charge is -2.47. The summed E-state index contributed by atoms with van der Waals surface area (Å²) in [7, 11) is 2.12. The van der Waals surface area contributed by atoms with E-state index < -0.39 is 17.6 Å². The van der Waals surface area contributed by atoms with E-state index in [1.807, 2.05) is 0 Å². The summed E-state index contributed by atoms with van der Waals surface area (Å²) in [6.45, 7) is 8.20. The number of hydrogen-bond acceptors (Lipinski definition) is 5. The molecule has 0 saturated carbocycles. The van der Waals surface area contributed by atoms with Crippen LogP contribution >= 0.6 is 0 Å². The summed E-state index contributed by atoms with van der Waals surface area (Å²) in [6.07, 6.45) is 8.92. The van der Waals surface area contributed by atoms with Crippen LogP contribution in [0.15, 0.2) is 12.3 Å². The van der Waals surface area contributed by atoms with Crippen molar-refractivity contribution in [1.29, 1.82) is 0 Å². The lowest BCUT2D eigenvalue weighted by Crippen LogP contribution is -2.56. The highest BCUT2D eigenvalue weighted by Crippen LogP contribution is 2.45. The largest absolute Gasteiger partial charge is 0.503 e. The molecule has 0 N–H and O–H groups in total. The summed E-state index contributed by atoms with van der Waals surface area (Å²) < 4.78 is 30.7. The van der Waals surface area contributed by atoms with Gasteiger partial charge in [0, 0.05) is 55.6 Å². The summed E-state index contributed by atoms with van der Waals surface area (Å²) in [5.74, 6) is 0. The van der Waals surface area contributed by atoms with Gasteiger partial charge >= 0.3 is 8.80 Å². The van der Waals surface area contributed by atoms with Gasteiger partial charge in [0.15, 0.2) is 0 Å². The first-order chi connectivity index (χ1) is 12.9. The Balaban J connectivity index is 2.33. The average Bonchev–Trinajstić information content (AvgIpc) is 2.70. The van der Waals surface area contributed by atoms with E-state index >= 15 is 0 Å². The van der Waals surface area contributed by atoms with Crippen LogP contribution in [0, 0.1) is 0 Å². The SMILES string of the molecule is C=C[SiH](C)C1(CC(CC2([SiH3])CCCCO2)[Si](OC)(OC)OC)CCCCO1. The lowest BCUT2D eigenvalue weighted by atomic mass is 9.97. The molecule has 27 heavy (non-hydrogen) atoms. The van der Waals surface area contributed by atoms with Crippen LogP contribution in [0.1, 0.15) is 51.4 Å². The molecule has 0 aromatic rings. The summed E-state index contributed by atoms with van der Waals surface area (Å²) in [6, 6.07) is 0. The first-order valence-corrected chi connectivity index (χ1v) is 15.7. The fourth-order valence-electron chi connectivity index (χ4n) is 4.96. The van der Waals surface area contributed by atoms with E-state index in [1.54, 1.807) is 21.3 Å². The minimum absolute atomic E-state index is 0.00835. The van der Waals surface area contributed by atoms with Crippen molar-refractivity contribution >= 4 is 27.8 Å². The van der Waals surface area contributed by atoms with Crippen LogP contribution in [0.25, 0.3) is 0 Å². The van der Waals surface area contributed by atoms with E-state index in [9.17, 15) is 0 Å². The molecule has 2 aliphatic heterocycles. The molecule has 4 unspecified atom stereocenters. The molecule has 158 valence electrons. The highest BCUT2D eigenvalue weighted by Gasteiger charge is 2.54. The predicted octanol–water partition coefficient (Wildman–Crippen LogP) is 2.34. The second-order valence-corrected chi connectivity index (χ2v) is 16.6. The highest BCUT2D eigenvalue weighted by atomic mass is 28.4. The maximum absolute atomic E-state index is 6.52. The van der Waals surface area contributed by atoms with Gasteiger partial charge in [0.25, 0.3) is 0 Å². The van der Waals surface area contributed by atoms with E-state index in [2.05, 4.69) is 18.8 Å². The molecule has 5 nitrogen and oxygen atoms in total. The molecule has 4 atom stereocenters. The van der Waals surface area contributed by atoms with Gasteiger partial charge in [-0.25, -0.2) is 0 Å². The molecule has 0 aliphatic carbocycles. The van der Waals surface area contributed by atoms with Gasteiger partial charge in [-0.05, 0) is 51.4 Å². The van der Waals surface area contributed by atoms with Crippen molar-refractivity contribution < 1.29 is 22.8 Å². The van der Waals surface area contributed by atoms with Crippen LogP contribution in [0.3, 0.4) is 0 Å². The predicted molar refractivity (Wildman–Crippen MR) is 118 cm³/mol. The van der Waals surface area contributed by atoms with Gasteiger partial charge in [0.1, 0.15) is 0 Å². The van der Waals surface area contributed by atoms with E-state index in [4.69, 9.17) is 22.8 Å². The van der Waals surface area contributed by atoms with E-state index in [-0.39, 0.29) is 16.0 Å². The molecule has 2 heterocycles. The van der Waals surface area contributed by atoms with E-state index in [0.29, 0.717) is 0 Å². The van der Waals surface area contributed by atoms with Gasteiger partial charge in [-0.3, -0.25) is 0 Å². The second-order valence-electron chi connectivity index (χ2n) is 8.47. The smallest absolute Gasteiger partial charge is 0.380 e. The molecule has 8 heteroatoms. The van der Waals surface area contributed by atoms with Crippen molar-refractivity contribution in [3.63, 3.8) is 0 Å². The third-order valence-corrected chi connectivity index (χ3v) is 14.1. The van der Waals surface area contributed by atoms with Gasteiger partial charge < -0.3 is 22.8 Å². The Hall–Kier alpha value is 0.191. The Morgan fingerprint density at radius 1 is 1.04 bits per heavy atom. The molecule has 0 radical (unpaired) electrons. The van der Waals surface area contributed by atoms with Crippen molar-refractivity contribution in [2.75, 3.05) is 34.5 Å². The molecule has 0 bridgehead atoms. The average molecular weight is 433 g/mol. The summed E-state index contributed by atoms with van der Waals surface area (Å²) in [4.78, 5) is 0. The Morgan fingerprint density at radius 3 is 2.07 bits per heavy atom. The molecule has 0 aromatic heterocycles. The minimum Gasteiger partial charge on any atom is -0.380 e.